The molecule has 18 heavy (non-hydrogen) atoms. The number of carboxylic acids is 1. The molecule has 1 aromatic carbocycles. The highest BCUT2D eigenvalue weighted by Gasteiger charge is 2.20. The first-order chi connectivity index (χ1) is 8.45. The second kappa shape index (κ2) is 6.00. The number of amides is 1. The Morgan fingerprint density at radius 1 is 1.50 bits per heavy atom. The van der Waals surface area contributed by atoms with Gasteiger partial charge in [-0.15, -0.1) is 0 Å². The number of hydrogen-bond donors (Lipinski definition) is 3. The van der Waals surface area contributed by atoms with E-state index in [4.69, 9.17) is 10.8 Å². The molecule has 0 heterocycles. The van der Waals surface area contributed by atoms with Crippen molar-refractivity contribution in [2.24, 2.45) is 0 Å². The monoisotopic (exact) mass is 254 g/mol. The summed E-state index contributed by atoms with van der Waals surface area (Å²) in [6.07, 6.45) is 0.909. The van der Waals surface area contributed by atoms with Gasteiger partial charge in [-0.2, -0.15) is 0 Å². The van der Waals surface area contributed by atoms with Gasteiger partial charge in [0.15, 0.2) is 0 Å². The molecular weight excluding hydrogens is 239 g/mol. The Hall–Kier alpha value is -2.11. The number of anilines is 1. The zero-order chi connectivity index (χ0) is 13.7. The van der Waals surface area contributed by atoms with Gasteiger partial charge in [0, 0.05) is 5.69 Å². The van der Waals surface area contributed by atoms with Crippen LogP contribution in [-0.2, 0) is 4.79 Å². The fraction of sp³-hybridized carbons (Fsp3) is 0.333. The highest BCUT2D eigenvalue weighted by Crippen LogP contribution is 2.13. The van der Waals surface area contributed by atoms with Crippen LogP contribution >= 0.6 is 0 Å². The summed E-state index contributed by atoms with van der Waals surface area (Å²) < 4.78 is 13.0. The molecule has 1 atom stereocenters. The van der Waals surface area contributed by atoms with Crippen LogP contribution in [0.3, 0.4) is 0 Å². The van der Waals surface area contributed by atoms with Gasteiger partial charge in [-0.25, -0.2) is 9.18 Å². The highest BCUT2D eigenvalue weighted by molar-refractivity contribution is 6.00. The van der Waals surface area contributed by atoms with Crippen LogP contribution in [-0.4, -0.2) is 23.0 Å². The third-order valence-electron chi connectivity index (χ3n) is 2.44. The van der Waals surface area contributed by atoms with Crippen LogP contribution in [0.4, 0.5) is 10.1 Å². The third-order valence-corrected chi connectivity index (χ3v) is 2.44. The van der Waals surface area contributed by atoms with E-state index in [1.165, 1.54) is 6.07 Å². The normalized spacial score (nSPS) is 11.9. The van der Waals surface area contributed by atoms with Crippen molar-refractivity contribution >= 4 is 17.6 Å². The second-order valence-corrected chi connectivity index (χ2v) is 3.88. The lowest BCUT2D eigenvalue weighted by Gasteiger charge is -2.14. The predicted octanol–water partition coefficient (Wildman–Crippen LogP) is 1.39. The van der Waals surface area contributed by atoms with Gasteiger partial charge in [-0.1, -0.05) is 13.3 Å². The summed E-state index contributed by atoms with van der Waals surface area (Å²) in [7, 11) is 0. The molecule has 4 N–H and O–H groups in total. The van der Waals surface area contributed by atoms with E-state index in [1.54, 1.807) is 6.92 Å². The second-order valence-electron chi connectivity index (χ2n) is 3.88. The first kappa shape index (κ1) is 14.0. The number of nitrogens with one attached hydrogen (secondary N) is 1. The number of hydrogen-bond acceptors (Lipinski definition) is 3. The molecule has 0 radical (unpaired) electrons. The summed E-state index contributed by atoms with van der Waals surface area (Å²) in [5.74, 6) is -2.41. The van der Waals surface area contributed by atoms with Gasteiger partial charge in [0.05, 0.1) is 5.56 Å². The number of benzene rings is 1. The van der Waals surface area contributed by atoms with Crippen molar-refractivity contribution in [1.29, 1.82) is 0 Å². The molecule has 0 fully saturated rings. The van der Waals surface area contributed by atoms with Crippen LogP contribution in [0, 0.1) is 5.82 Å². The van der Waals surface area contributed by atoms with Crippen molar-refractivity contribution in [3.05, 3.63) is 29.6 Å². The molecule has 1 amide bonds. The Kier molecular flexibility index (Phi) is 4.65. The van der Waals surface area contributed by atoms with E-state index < -0.39 is 23.7 Å². The van der Waals surface area contributed by atoms with E-state index in [-0.39, 0.29) is 11.3 Å². The Labute approximate surface area is 104 Å². The first-order valence-electron chi connectivity index (χ1n) is 5.54. The maximum absolute atomic E-state index is 13.0. The maximum atomic E-state index is 13.0. The average Bonchev–Trinajstić information content (AvgIpc) is 2.31. The van der Waals surface area contributed by atoms with Crippen LogP contribution < -0.4 is 11.1 Å². The van der Waals surface area contributed by atoms with E-state index in [1.807, 2.05) is 0 Å². The first-order valence-corrected chi connectivity index (χ1v) is 5.54. The molecule has 0 aliphatic heterocycles. The molecule has 0 unspecified atom stereocenters. The zero-order valence-corrected chi connectivity index (χ0v) is 9.94. The molecule has 6 heteroatoms. The van der Waals surface area contributed by atoms with Crippen LogP contribution in [0.2, 0.25) is 0 Å². The van der Waals surface area contributed by atoms with E-state index in [2.05, 4.69) is 5.32 Å². The topological polar surface area (TPSA) is 92.4 Å². The fourth-order valence-electron chi connectivity index (χ4n) is 1.51. The van der Waals surface area contributed by atoms with Crippen molar-refractivity contribution in [3.8, 4) is 0 Å². The van der Waals surface area contributed by atoms with Gasteiger partial charge in [0.25, 0.3) is 5.91 Å². The number of aliphatic carboxylic acids is 1. The van der Waals surface area contributed by atoms with Crippen LogP contribution in [0.25, 0.3) is 0 Å². The Morgan fingerprint density at radius 2 is 2.17 bits per heavy atom. The molecule has 0 bridgehead atoms. The zero-order valence-electron chi connectivity index (χ0n) is 9.94. The summed E-state index contributed by atoms with van der Waals surface area (Å²) in [5.41, 5.74) is 5.59. The van der Waals surface area contributed by atoms with Crippen molar-refractivity contribution in [1.82, 2.24) is 5.32 Å². The molecule has 1 aromatic rings. The lowest BCUT2D eigenvalue weighted by molar-refractivity contribution is -0.139. The van der Waals surface area contributed by atoms with Crippen molar-refractivity contribution in [2.75, 3.05) is 5.73 Å². The van der Waals surface area contributed by atoms with E-state index >= 15 is 0 Å². The summed E-state index contributed by atoms with van der Waals surface area (Å²) in [5, 5.41) is 11.2. The summed E-state index contributed by atoms with van der Waals surface area (Å²) in [4.78, 5) is 22.7. The molecule has 0 aromatic heterocycles. The van der Waals surface area contributed by atoms with E-state index in [9.17, 15) is 14.0 Å². The predicted molar refractivity (Wildman–Crippen MR) is 64.6 cm³/mol. The molecule has 0 saturated carbocycles. The summed E-state index contributed by atoms with van der Waals surface area (Å²) in [6, 6.07) is 2.38. The Bertz CT molecular complexity index is 463. The van der Waals surface area contributed by atoms with E-state index in [0.29, 0.717) is 12.8 Å². The standard InChI is InChI=1S/C12H15FN2O3/c1-2-3-10(12(17)18)15-11(16)8-6-7(13)4-5-9(8)14/h4-6,10H,2-3,14H2,1H3,(H,15,16)(H,17,18)/t10-/m1/s1. The van der Waals surface area contributed by atoms with Crippen molar-refractivity contribution < 1.29 is 19.1 Å². The number of halogens is 1. The number of carbonyl (C=O) groups is 2. The molecule has 1 rings (SSSR count). The van der Waals surface area contributed by atoms with Gasteiger partial charge in [-0.05, 0) is 24.6 Å². The Morgan fingerprint density at radius 3 is 2.72 bits per heavy atom. The van der Waals surface area contributed by atoms with Crippen LogP contribution in [0.1, 0.15) is 30.1 Å². The molecule has 98 valence electrons. The third kappa shape index (κ3) is 3.44. The lowest BCUT2D eigenvalue weighted by Crippen LogP contribution is -2.40. The number of nitrogen functional groups attached to an aromatic ring is 1. The van der Waals surface area contributed by atoms with E-state index in [0.717, 1.165) is 12.1 Å². The molecular formula is C12H15FN2O3. The molecule has 5 nitrogen and oxygen atoms in total. The van der Waals surface area contributed by atoms with Crippen molar-refractivity contribution in [2.45, 2.75) is 25.8 Å². The lowest BCUT2D eigenvalue weighted by atomic mass is 10.1. The SMILES string of the molecule is CCC[C@@H](NC(=O)c1cc(F)ccc1N)C(=O)O. The van der Waals surface area contributed by atoms with Gasteiger partial charge in [-0.3, -0.25) is 4.79 Å². The summed E-state index contributed by atoms with van der Waals surface area (Å²) in [6.45, 7) is 1.80. The van der Waals surface area contributed by atoms with Crippen LogP contribution in [0.5, 0.6) is 0 Å². The highest BCUT2D eigenvalue weighted by atomic mass is 19.1. The minimum atomic E-state index is -1.12. The molecule has 0 saturated heterocycles. The minimum absolute atomic E-state index is 0.0580. The van der Waals surface area contributed by atoms with Gasteiger partial charge >= 0.3 is 5.97 Å². The van der Waals surface area contributed by atoms with Gasteiger partial charge in [0.2, 0.25) is 0 Å². The fourth-order valence-corrected chi connectivity index (χ4v) is 1.51. The smallest absolute Gasteiger partial charge is 0.326 e. The van der Waals surface area contributed by atoms with Gasteiger partial charge in [0.1, 0.15) is 11.9 Å². The van der Waals surface area contributed by atoms with Crippen molar-refractivity contribution in [3.63, 3.8) is 0 Å². The largest absolute Gasteiger partial charge is 0.480 e. The van der Waals surface area contributed by atoms with Crippen LogP contribution in [0.15, 0.2) is 18.2 Å². The summed E-state index contributed by atoms with van der Waals surface area (Å²) >= 11 is 0. The average molecular weight is 254 g/mol. The number of carboxylic acid groups (broad SMARTS) is 1. The molecule has 0 aliphatic carbocycles. The Balaban J connectivity index is 2.86. The quantitative estimate of drug-likeness (QED) is 0.692. The number of rotatable bonds is 5. The van der Waals surface area contributed by atoms with Gasteiger partial charge < -0.3 is 16.2 Å². The minimum Gasteiger partial charge on any atom is -0.480 e. The number of carbonyl (C=O) groups excluding carboxylic acids is 1. The molecule has 0 spiro atoms. The molecule has 0 aliphatic rings. The number of nitrogens with two attached hydrogens (primary N) is 1. The maximum Gasteiger partial charge on any atom is 0.326 e.